The molecule has 3 atom stereocenters. The molecule has 1 aliphatic heterocycles. The minimum Gasteiger partial charge on any atom is -0.465 e. The summed E-state index contributed by atoms with van der Waals surface area (Å²) in [6, 6.07) is 20.1. The van der Waals surface area contributed by atoms with Gasteiger partial charge in [-0.05, 0) is 72.4 Å². The van der Waals surface area contributed by atoms with Crippen LogP contribution in [0.1, 0.15) is 45.4 Å². The maximum Gasteiger partial charge on any atom is 0.337 e. The Kier molecular flexibility index (Phi) is 5.65. The number of sulfonamides is 1. The van der Waals surface area contributed by atoms with Crippen LogP contribution in [0.15, 0.2) is 83.8 Å². The summed E-state index contributed by atoms with van der Waals surface area (Å²) < 4.78 is 33.8. The molecule has 2 N–H and O–H groups in total. The van der Waals surface area contributed by atoms with Gasteiger partial charge in [0.25, 0.3) is 10.0 Å². The third-order valence-corrected chi connectivity index (χ3v) is 8.09. The number of ether oxygens (including phenoxy) is 1. The van der Waals surface area contributed by atoms with Crippen LogP contribution in [-0.4, -0.2) is 21.5 Å². The van der Waals surface area contributed by atoms with Crippen molar-refractivity contribution < 1.29 is 17.9 Å². The van der Waals surface area contributed by atoms with Crippen LogP contribution in [0, 0.1) is 12.8 Å². The van der Waals surface area contributed by atoms with Crippen molar-refractivity contribution in [2.45, 2.75) is 30.2 Å². The van der Waals surface area contributed by atoms with E-state index in [9.17, 15) is 13.2 Å². The molecular weight excluding hydrogens is 448 g/mol. The largest absolute Gasteiger partial charge is 0.465 e. The van der Waals surface area contributed by atoms with E-state index in [0.717, 1.165) is 28.8 Å². The van der Waals surface area contributed by atoms with Gasteiger partial charge in [0, 0.05) is 11.6 Å². The summed E-state index contributed by atoms with van der Waals surface area (Å²) in [7, 11) is -2.35. The molecule has 0 spiro atoms. The summed E-state index contributed by atoms with van der Waals surface area (Å²) in [5.41, 5.74) is 4.94. The Morgan fingerprint density at radius 3 is 2.56 bits per heavy atom. The number of rotatable bonds is 5. The van der Waals surface area contributed by atoms with Crippen LogP contribution in [0.5, 0.6) is 0 Å². The van der Waals surface area contributed by atoms with Gasteiger partial charge in [0.05, 0.1) is 29.3 Å². The summed E-state index contributed by atoms with van der Waals surface area (Å²) in [4.78, 5) is 12.0. The Bertz CT molecular complexity index is 1380. The summed E-state index contributed by atoms with van der Waals surface area (Å²) >= 11 is 0. The second kappa shape index (κ2) is 8.65. The molecule has 0 saturated heterocycles. The van der Waals surface area contributed by atoms with E-state index < -0.39 is 10.0 Å². The maximum atomic E-state index is 13.1. The fourth-order valence-corrected chi connectivity index (χ4v) is 6.07. The lowest BCUT2D eigenvalue weighted by Gasteiger charge is -2.37. The lowest BCUT2D eigenvalue weighted by molar-refractivity contribution is 0.0600. The highest BCUT2D eigenvalue weighted by atomic mass is 32.2. The number of hydrogen-bond acceptors (Lipinski definition) is 5. The normalized spacial score (nSPS) is 20.7. The molecule has 0 bridgehead atoms. The number of methoxy groups -OCH3 is 1. The van der Waals surface area contributed by atoms with Crippen molar-refractivity contribution in [2.75, 3.05) is 17.1 Å². The molecular formula is C27H26N2O4S. The molecule has 2 unspecified atom stereocenters. The molecule has 34 heavy (non-hydrogen) atoms. The first-order valence-electron chi connectivity index (χ1n) is 11.2. The molecule has 1 aliphatic carbocycles. The number of carbonyl (C=O) groups excluding carboxylic acids is 1. The van der Waals surface area contributed by atoms with Crippen LogP contribution in [-0.2, 0) is 14.8 Å². The molecule has 0 aromatic heterocycles. The average Bonchev–Trinajstić information content (AvgIpc) is 3.34. The minimum atomic E-state index is -3.72. The van der Waals surface area contributed by atoms with Gasteiger partial charge < -0.3 is 10.1 Å². The number of fused-ring (bicyclic) bond motifs is 3. The van der Waals surface area contributed by atoms with E-state index in [0.29, 0.717) is 11.3 Å². The average molecular weight is 475 g/mol. The zero-order valence-corrected chi connectivity index (χ0v) is 19.8. The molecule has 3 aromatic carbocycles. The molecule has 5 rings (SSSR count). The molecule has 0 fully saturated rings. The van der Waals surface area contributed by atoms with E-state index in [-0.39, 0.29) is 28.7 Å². The van der Waals surface area contributed by atoms with Crippen molar-refractivity contribution in [3.05, 3.63) is 101 Å². The standard InChI is InChI=1S/C27H26N2O4S/c1-17-6-3-4-9-24(17)29-34(31,32)20-14-15-25-23(16-20)21-7-5-8-22(21)26(28-25)18-10-12-19(13-11-18)27(30)33-2/h3-7,9-16,21-22,26,28-29H,8H2,1-2H3/t21?,22?,26-/m1/s1. The number of para-hydroxylation sites is 1. The molecule has 2 aliphatic rings. The maximum absolute atomic E-state index is 13.1. The van der Waals surface area contributed by atoms with E-state index >= 15 is 0 Å². The van der Waals surface area contributed by atoms with Crippen LogP contribution < -0.4 is 10.0 Å². The highest BCUT2D eigenvalue weighted by Gasteiger charge is 2.38. The van der Waals surface area contributed by atoms with E-state index in [4.69, 9.17) is 4.74 Å². The zero-order chi connectivity index (χ0) is 23.9. The van der Waals surface area contributed by atoms with Gasteiger partial charge in [0.2, 0.25) is 0 Å². The Morgan fingerprint density at radius 1 is 1.06 bits per heavy atom. The van der Waals surface area contributed by atoms with Crippen molar-refractivity contribution in [3.63, 3.8) is 0 Å². The molecule has 0 radical (unpaired) electrons. The molecule has 0 saturated carbocycles. The molecule has 6 nitrogen and oxygen atoms in total. The third kappa shape index (κ3) is 3.96. The first-order chi connectivity index (χ1) is 16.4. The number of aryl methyl sites for hydroxylation is 1. The first-order valence-corrected chi connectivity index (χ1v) is 12.7. The Labute approximate surface area is 199 Å². The Morgan fingerprint density at radius 2 is 1.82 bits per heavy atom. The first kappa shape index (κ1) is 22.2. The summed E-state index contributed by atoms with van der Waals surface area (Å²) in [5.74, 6) is -0.00384. The van der Waals surface area contributed by atoms with Crippen molar-refractivity contribution in [2.24, 2.45) is 5.92 Å². The van der Waals surface area contributed by atoms with Gasteiger partial charge in [-0.1, -0.05) is 42.5 Å². The van der Waals surface area contributed by atoms with Gasteiger partial charge in [0.15, 0.2) is 0 Å². The van der Waals surface area contributed by atoms with Crippen molar-refractivity contribution in [1.29, 1.82) is 0 Å². The van der Waals surface area contributed by atoms with Crippen molar-refractivity contribution in [1.82, 2.24) is 0 Å². The minimum absolute atomic E-state index is 0.0479. The fraction of sp³-hybridized carbons (Fsp3) is 0.222. The van der Waals surface area contributed by atoms with Gasteiger partial charge in [-0.3, -0.25) is 4.72 Å². The summed E-state index contributed by atoms with van der Waals surface area (Å²) in [6.45, 7) is 1.88. The van der Waals surface area contributed by atoms with Crippen LogP contribution in [0.4, 0.5) is 11.4 Å². The van der Waals surface area contributed by atoms with Crippen molar-refractivity contribution >= 4 is 27.4 Å². The lowest BCUT2D eigenvalue weighted by atomic mass is 9.77. The Balaban J connectivity index is 1.46. The number of allylic oxidation sites excluding steroid dienone is 2. The number of anilines is 2. The molecule has 7 heteroatoms. The SMILES string of the molecule is COC(=O)c1ccc([C@H]2Nc3ccc(S(=O)(=O)Nc4ccccc4C)cc3C3C=CCC32)cc1. The third-order valence-electron chi connectivity index (χ3n) is 6.72. The van der Waals surface area contributed by atoms with Crippen LogP contribution in [0.25, 0.3) is 0 Å². The van der Waals surface area contributed by atoms with Gasteiger partial charge in [-0.15, -0.1) is 0 Å². The monoisotopic (exact) mass is 474 g/mol. The molecule has 0 amide bonds. The number of nitrogens with one attached hydrogen (secondary N) is 2. The number of carbonyl (C=O) groups is 1. The number of esters is 1. The highest BCUT2D eigenvalue weighted by Crippen LogP contribution is 2.50. The zero-order valence-electron chi connectivity index (χ0n) is 19.0. The predicted molar refractivity (Wildman–Crippen MR) is 133 cm³/mol. The lowest BCUT2D eigenvalue weighted by Crippen LogP contribution is -2.29. The van der Waals surface area contributed by atoms with Crippen LogP contribution >= 0.6 is 0 Å². The number of hydrogen-bond donors (Lipinski definition) is 2. The smallest absolute Gasteiger partial charge is 0.337 e. The van der Waals surface area contributed by atoms with E-state index in [2.05, 4.69) is 22.2 Å². The van der Waals surface area contributed by atoms with Gasteiger partial charge in [-0.2, -0.15) is 0 Å². The summed E-state index contributed by atoms with van der Waals surface area (Å²) in [6.07, 6.45) is 5.22. The second-order valence-corrected chi connectivity index (χ2v) is 10.4. The fourth-order valence-electron chi connectivity index (χ4n) is 4.91. The Hall–Kier alpha value is -3.58. The topological polar surface area (TPSA) is 84.5 Å². The highest BCUT2D eigenvalue weighted by molar-refractivity contribution is 7.92. The second-order valence-electron chi connectivity index (χ2n) is 8.76. The van der Waals surface area contributed by atoms with E-state index in [1.165, 1.54) is 7.11 Å². The van der Waals surface area contributed by atoms with Crippen LogP contribution in [0.2, 0.25) is 0 Å². The van der Waals surface area contributed by atoms with Gasteiger partial charge in [0.1, 0.15) is 0 Å². The quantitative estimate of drug-likeness (QED) is 0.382. The molecule has 3 aromatic rings. The molecule has 174 valence electrons. The molecule has 1 heterocycles. The predicted octanol–water partition coefficient (Wildman–Crippen LogP) is 5.41. The van der Waals surface area contributed by atoms with Crippen LogP contribution in [0.3, 0.4) is 0 Å². The van der Waals surface area contributed by atoms with E-state index in [1.807, 2.05) is 43.3 Å². The summed E-state index contributed by atoms with van der Waals surface area (Å²) in [5, 5.41) is 3.61. The number of benzene rings is 3. The van der Waals surface area contributed by atoms with Gasteiger partial charge in [-0.25, -0.2) is 13.2 Å². The van der Waals surface area contributed by atoms with E-state index in [1.54, 1.807) is 30.3 Å². The van der Waals surface area contributed by atoms with Crippen molar-refractivity contribution in [3.8, 4) is 0 Å². The van der Waals surface area contributed by atoms with Gasteiger partial charge >= 0.3 is 5.97 Å².